The van der Waals surface area contributed by atoms with E-state index in [-0.39, 0.29) is 17.7 Å². The van der Waals surface area contributed by atoms with Gasteiger partial charge in [0.2, 0.25) is 0 Å². The third kappa shape index (κ3) is 4.58. The molecule has 2 atom stereocenters. The number of benzene rings is 1. The minimum atomic E-state index is -0.815. The molecule has 0 radical (unpaired) electrons. The first kappa shape index (κ1) is 20.7. The van der Waals surface area contributed by atoms with Crippen molar-refractivity contribution < 1.29 is 18.8 Å². The molecule has 148 valence electrons. The lowest BCUT2D eigenvalue weighted by atomic mass is 10.2. The predicted molar refractivity (Wildman–Crippen MR) is 99.3 cm³/mol. The largest absolute Gasteiger partial charge is 0.454 e. The van der Waals surface area contributed by atoms with Gasteiger partial charge in [-0.15, -0.1) is 0 Å². The van der Waals surface area contributed by atoms with Crippen molar-refractivity contribution in [3.63, 3.8) is 0 Å². The predicted octanol–water partition coefficient (Wildman–Crippen LogP) is 2.63. The Morgan fingerprint density at radius 3 is 2.57 bits per heavy atom. The molecule has 1 aromatic heterocycles. The van der Waals surface area contributed by atoms with Crippen LogP contribution in [0.15, 0.2) is 47.4 Å². The number of hydrogen-bond donors (Lipinski definition) is 1. The van der Waals surface area contributed by atoms with E-state index in [1.165, 1.54) is 24.3 Å². The van der Waals surface area contributed by atoms with Gasteiger partial charge in [-0.05, 0) is 18.2 Å². The van der Waals surface area contributed by atoms with Crippen LogP contribution in [0.25, 0.3) is 0 Å². The number of carbonyl (C=O) groups is 1. The summed E-state index contributed by atoms with van der Waals surface area (Å²) >= 11 is 0. The van der Waals surface area contributed by atoms with Gasteiger partial charge in [-0.1, -0.05) is 19.9 Å². The SMILES string of the molecule is CC.Nc1nc(=O)n([C@H]2C=CC(OC(=O)c3ccc([N+](=O)[O-])cc3)C2)cc1F. The van der Waals surface area contributed by atoms with Crippen LogP contribution in [-0.4, -0.2) is 26.5 Å². The van der Waals surface area contributed by atoms with Gasteiger partial charge in [0.05, 0.1) is 16.5 Å². The smallest absolute Gasteiger partial charge is 0.350 e. The summed E-state index contributed by atoms with van der Waals surface area (Å²) in [6.45, 7) is 4.00. The number of rotatable bonds is 4. The molecule has 28 heavy (non-hydrogen) atoms. The van der Waals surface area contributed by atoms with Gasteiger partial charge in [0.15, 0.2) is 11.6 Å². The molecule has 1 aliphatic rings. The Bertz CT molecular complexity index is 955. The molecule has 0 amide bonds. The summed E-state index contributed by atoms with van der Waals surface area (Å²) in [5.41, 5.74) is 4.56. The molecule has 3 rings (SSSR count). The van der Waals surface area contributed by atoms with E-state index in [1.807, 2.05) is 13.8 Å². The Morgan fingerprint density at radius 1 is 1.32 bits per heavy atom. The number of nitrogen functional groups attached to an aromatic ring is 1. The van der Waals surface area contributed by atoms with Gasteiger partial charge in [-0.3, -0.25) is 14.7 Å². The molecule has 2 N–H and O–H groups in total. The number of nitro groups is 1. The second-order valence-electron chi connectivity index (χ2n) is 5.60. The molecule has 2 aromatic rings. The van der Waals surface area contributed by atoms with Crippen molar-refractivity contribution in [1.82, 2.24) is 9.55 Å². The van der Waals surface area contributed by atoms with Crippen molar-refractivity contribution in [2.75, 3.05) is 5.73 Å². The lowest BCUT2D eigenvalue weighted by molar-refractivity contribution is -0.384. The van der Waals surface area contributed by atoms with Crippen LogP contribution in [0, 0.1) is 15.9 Å². The molecular formula is C18H19FN4O5. The Hall–Kier alpha value is -3.56. The number of nitro benzene ring substituents is 1. The quantitative estimate of drug-likeness (QED) is 0.367. The van der Waals surface area contributed by atoms with Crippen molar-refractivity contribution >= 4 is 17.5 Å². The zero-order valence-corrected chi connectivity index (χ0v) is 15.2. The number of esters is 1. The van der Waals surface area contributed by atoms with Gasteiger partial charge < -0.3 is 10.5 Å². The standard InChI is InChI=1S/C16H13FN4O5.C2H6/c17-13-8-20(16(23)19-14(13)18)11-5-6-12(7-11)26-15(22)9-1-3-10(4-2-9)21(24)25;1-2/h1-6,8,11-12H,7H2,(H2,18,19,23);1-2H3/t11-,12?;/m0./s1. The van der Waals surface area contributed by atoms with E-state index in [0.717, 1.165) is 10.8 Å². The minimum Gasteiger partial charge on any atom is -0.454 e. The fourth-order valence-electron chi connectivity index (χ4n) is 2.56. The number of ether oxygens (including phenoxy) is 1. The second kappa shape index (κ2) is 8.89. The second-order valence-corrected chi connectivity index (χ2v) is 5.60. The van der Waals surface area contributed by atoms with Crippen LogP contribution < -0.4 is 11.4 Å². The van der Waals surface area contributed by atoms with E-state index in [2.05, 4.69) is 4.98 Å². The Balaban J connectivity index is 0.00000136. The van der Waals surface area contributed by atoms with Crippen LogP contribution in [0.1, 0.15) is 36.7 Å². The number of allylic oxidation sites excluding steroid dienone is 1. The van der Waals surface area contributed by atoms with Gasteiger partial charge in [0, 0.05) is 24.8 Å². The summed E-state index contributed by atoms with van der Waals surface area (Å²) in [7, 11) is 0. The highest BCUT2D eigenvalue weighted by Crippen LogP contribution is 2.25. The number of halogens is 1. The Kier molecular flexibility index (Phi) is 6.59. The van der Waals surface area contributed by atoms with Crippen molar-refractivity contribution in [2.24, 2.45) is 0 Å². The van der Waals surface area contributed by atoms with Gasteiger partial charge in [-0.2, -0.15) is 4.98 Å². The Morgan fingerprint density at radius 2 is 1.96 bits per heavy atom. The Labute approximate surface area is 159 Å². The zero-order chi connectivity index (χ0) is 20.8. The molecule has 1 aliphatic carbocycles. The minimum absolute atomic E-state index is 0.139. The molecule has 0 bridgehead atoms. The van der Waals surface area contributed by atoms with Crippen LogP contribution in [0.5, 0.6) is 0 Å². The molecule has 0 aliphatic heterocycles. The monoisotopic (exact) mass is 390 g/mol. The lowest BCUT2D eigenvalue weighted by Gasteiger charge is -2.15. The van der Waals surface area contributed by atoms with E-state index >= 15 is 0 Å². The van der Waals surface area contributed by atoms with Crippen molar-refractivity contribution in [3.8, 4) is 0 Å². The molecule has 10 heteroatoms. The topological polar surface area (TPSA) is 130 Å². The third-order valence-electron chi connectivity index (χ3n) is 3.89. The van der Waals surface area contributed by atoms with E-state index < -0.39 is 40.4 Å². The maximum atomic E-state index is 13.5. The van der Waals surface area contributed by atoms with Gasteiger partial charge in [0.1, 0.15) is 6.10 Å². The highest BCUT2D eigenvalue weighted by Gasteiger charge is 2.25. The molecule has 1 heterocycles. The maximum absolute atomic E-state index is 13.5. The number of hydrogen-bond acceptors (Lipinski definition) is 7. The van der Waals surface area contributed by atoms with E-state index in [9.17, 15) is 24.1 Å². The number of carbonyl (C=O) groups excluding carboxylic acids is 1. The third-order valence-corrected chi connectivity index (χ3v) is 3.89. The maximum Gasteiger partial charge on any atom is 0.350 e. The number of nitrogens with two attached hydrogens (primary N) is 1. The molecular weight excluding hydrogens is 371 g/mol. The molecule has 1 unspecified atom stereocenters. The number of aromatic nitrogens is 2. The van der Waals surface area contributed by atoms with Crippen LogP contribution in [0.4, 0.5) is 15.9 Å². The van der Waals surface area contributed by atoms with Gasteiger partial charge in [-0.25, -0.2) is 14.0 Å². The van der Waals surface area contributed by atoms with Crippen molar-refractivity contribution in [2.45, 2.75) is 32.4 Å². The van der Waals surface area contributed by atoms with E-state index in [1.54, 1.807) is 12.2 Å². The zero-order valence-electron chi connectivity index (χ0n) is 15.2. The molecule has 0 spiro atoms. The van der Waals surface area contributed by atoms with Crippen molar-refractivity contribution in [1.29, 1.82) is 0 Å². The van der Waals surface area contributed by atoms with Crippen molar-refractivity contribution in [3.05, 3.63) is 74.6 Å². The highest BCUT2D eigenvalue weighted by molar-refractivity contribution is 5.89. The first-order chi connectivity index (χ1) is 13.3. The van der Waals surface area contributed by atoms with Gasteiger partial charge in [0.25, 0.3) is 5.69 Å². The molecule has 1 aromatic carbocycles. The summed E-state index contributed by atoms with van der Waals surface area (Å²) in [4.78, 5) is 37.4. The number of anilines is 1. The summed E-state index contributed by atoms with van der Waals surface area (Å²) in [6, 6.07) is 4.46. The summed E-state index contributed by atoms with van der Waals surface area (Å²) in [5.74, 6) is -1.96. The van der Waals surface area contributed by atoms with Crippen LogP contribution in [0.2, 0.25) is 0 Å². The average Bonchev–Trinajstić information content (AvgIpc) is 3.14. The van der Waals surface area contributed by atoms with Crippen LogP contribution >= 0.6 is 0 Å². The summed E-state index contributed by atoms with van der Waals surface area (Å²) < 4.78 is 19.9. The number of nitrogens with zero attached hydrogens (tertiary/aromatic N) is 3. The fraction of sp³-hybridized carbons (Fsp3) is 0.278. The highest BCUT2D eigenvalue weighted by atomic mass is 19.1. The molecule has 0 saturated heterocycles. The fourth-order valence-corrected chi connectivity index (χ4v) is 2.56. The van der Waals surface area contributed by atoms with E-state index in [4.69, 9.17) is 10.5 Å². The first-order valence-electron chi connectivity index (χ1n) is 8.53. The molecule has 9 nitrogen and oxygen atoms in total. The van der Waals surface area contributed by atoms with Crippen LogP contribution in [-0.2, 0) is 4.74 Å². The average molecular weight is 390 g/mol. The first-order valence-corrected chi connectivity index (χ1v) is 8.53. The molecule has 0 fully saturated rings. The van der Waals surface area contributed by atoms with E-state index in [0.29, 0.717) is 0 Å². The number of non-ortho nitro benzene ring substituents is 1. The summed E-state index contributed by atoms with van der Waals surface area (Å²) in [5, 5.41) is 10.6. The van der Waals surface area contributed by atoms with Crippen LogP contribution in [0.3, 0.4) is 0 Å². The lowest BCUT2D eigenvalue weighted by Crippen LogP contribution is -2.28. The normalized spacial score (nSPS) is 17.5. The summed E-state index contributed by atoms with van der Waals surface area (Å²) in [6.07, 6.45) is 3.74. The molecule has 0 saturated carbocycles. The van der Waals surface area contributed by atoms with Gasteiger partial charge >= 0.3 is 11.7 Å².